The van der Waals surface area contributed by atoms with Gasteiger partial charge in [-0.2, -0.15) is 0 Å². The van der Waals surface area contributed by atoms with E-state index in [1.54, 1.807) is 0 Å². The van der Waals surface area contributed by atoms with Crippen molar-refractivity contribution in [3.63, 3.8) is 0 Å². The molecule has 0 atom stereocenters. The molecular formula is C10H15NO2. The van der Waals surface area contributed by atoms with Crippen LogP contribution in [-0.2, 0) is 0 Å². The van der Waals surface area contributed by atoms with Crippen LogP contribution >= 0.6 is 0 Å². The van der Waals surface area contributed by atoms with Gasteiger partial charge in [0, 0.05) is 18.8 Å². The first-order valence-corrected chi connectivity index (χ1v) is 4.40. The lowest BCUT2D eigenvalue weighted by atomic mass is 10.3. The summed E-state index contributed by atoms with van der Waals surface area (Å²) < 4.78 is 0. The van der Waals surface area contributed by atoms with Crippen LogP contribution in [0.25, 0.3) is 0 Å². The molecule has 0 saturated heterocycles. The highest BCUT2D eigenvalue weighted by Gasteiger charge is 2.02. The van der Waals surface area contributed by atoms with Crippen molar-refractivity contribution >= 4 is 5.69 Å². The maximum Gasteiger partial charge on any atom is 0.115 e. The topological polar surface area (TPSA) is 43.7 Å². The Morgan fingerprint density at radius 3 is 2.31 bits per heavy atom. The average Bonchev–Trinajstić information content (AvgIpc) is 2.21. The van der Waals surface area contributed by atoms with Crippen molar-refractivity contribution in [1.29, 1.82) is 0 Å². The molecule has 0 heterocycles. The second kappa shape index (κ2) is 5.56. The minimum Gasteiger partial charge on any atom is -0.396 e. The van der Waals surface area contributed by atoms with Gasteiger partial charge in [-0.3, -0.25) is 0 Å². The summed E-state index contributed by atoms with van der Waals surface area (Å²) in [5.74, 6) is 0. The summed E-state index contributed by atoms with van der Waals surface area (Å²) in [5.41, 5.74) is 0.985. The molecule has 3 heteroatoms. The first kappa shape index (κ1) is 10.0. The van der Waals surface area contributed by atoms with Gasteiger partial charge < -0.3 is 15.1 Å². The number of hydrogen-bond acceptors (Lipinski definition) is 3. The molecule has 0 unspecified atom stereocenters. The lowest BCUT2D eigenvalue weighted by Crippen LogP contribution is -2.25. The summed E-state index contributed by atoms with van der Waals surface area (Å²) in [7, 11) is 0. The number of aliphatic hydroxyl groups excluding tert-OH is 2. The second-order valence-corrected chi connectivity index (χ2v) is 2.82. The molecule has 1 aromatic carbocycles. The Morgan fingerprint density at radius 1 is 1.08 bits per heavy atom. The minimum atomic E-state index is -0.00991. The molecular weight excluding hydrogens is 166 g/mol. The fourth-order valence-corrected chi connectivity index (χ4v) is 1.18. The number of nitrogens with zero attached hydrogens (tertiary/aromatic N) is 1. The van der Waals surface area contributed by atoms with Crippen LogP contribution < -0.4 is 4.90 Å². The molecule has 0 amide bonds. The monoisotopic (exact) mass is 181 g/mol. The van der Waals surface area contributed by atoms with E-state index in [0.717, 1.165) is 5.69 Å². The van der Waals surface area contributed by atoms with E-state index in [4.69, 9.17) is 10.2 Å². The molecule has 0 aliphatic heterocycles. The van der Waals surface area contributed by atoms with E-state index < -0.39 is 0 Å². The van der Waals surface area contributed by atoms with Gasteiger partial charge in [0.2, 0.25) is 0 Å². The Morgan fingerprint density at radius 2 is 1.77 bits per heavy atom. The van der Waals surface area contributed by atoms with E-state index in [1.165, 1.54) is 0 Å². The molecule has 0 radical (unpaired) electrons. The van der Waals surface area contributed by atoms with Crippen LogP contribution in [0, 0.1) is 0 Å². The molecule has 0 bridgehead atoms. The number of aliphatic hydroxyl groups is 2. The Labute approximate surface area is 78.2 Å². The van der Waals surface area contributed by atoms with Gasteiger partial charge >= 0.3 is 0 Å². The van der Waals surface area contributed by atoms with Crippen molar-refractivity contribution in [3.05, 3.63) is 30.3 Å². The summed E-state index contributed by atoms with van der Waals surface area (Å²) in [6, 6.07) is 9.67. The Hall–Kier alpha value is -1.06. The molecule has 0 saturated carbocycles. The molecule has 1 rings (SSSR count). The quantitative estimate of drug-likeness (QED) is 0.661. The Kier molecular flexibility index (Phi) is 4.29. The summed E-state index contributed by atoms with van der Waals surface area (Å²) >= 11 is 0. The van der Waals surface area contributed by atoms with E-state index >= 15 is 0 Å². The van der Waals surface area contributed by atoms with Gasteiger partial charge in [0.25, 0.3) is 0 Å². The van der Waals surface area contributed by atoms with Gasteiger partial charge in [0.15, 0.2) is 0 Å². The highest BCUT2D eigenvalue weighted by Crippen LogP contribution is 2.12. The zero-order valence-electron chi connectivity index (χ0n) is 7.56. The first-order chi connectivity index (χ1) is 6.38. The molecule has 0 aliphatic rings. The van der Waals surface area contributed by atoms with Crippen LogP contribution in [0.3, 0.4) is 0 Å². The van der Waals surface area contributed by atoms with E-state index in [2.05, 4.69) is 0 Å². The second-order valence-electron chi connectivity index (χ2n) is 2.82. The predicted molar refractivity (Wildman–Crippen MR) is 52.6 cm³/mol. The third kappa shape index (κ3) is 3.05. The average molecular weight is 181 g/mol. The molecule has 0 spiro atoms. The largest absolute Gasteiger partial charge is 0.396 e. The first-order valence-electron chi connectivity index (χ1n) is 4.40. The lowest BCUT2D eigenvalue weighted by molar-refractivity contribution is 0.267. The molecule has 3 nitrogen and oxygen atoms in total. The van der Waals surface area contributed by atoms with E-state index in [-0.39, 0.29) is 13.3 Å². The van der Waals surface area contributed by atoms with Gasteiger partial charge in [-0.15, -0.1) is 0 Å². The summed E-state index contributed by atoms with van der Waals surface area (Å²) in [6.07, 6.45) is 0.676. The Balaban J connectivity index is 2.56. The predicted octanol–water partition coefficient (Wildman–Crippen LogP) is 0.825. The lowest BCUT2D eigenvalue weighted by Gasteiger charge is -2.21. The summed E-state index contributed by atoms with van der Waals surface area (Å²) in [5, 5.41) is 17.7. The van der Waals surface area contributed by atoms with Crippen LogP contribution in [0.1, 0.15) is 6.42 Å². The normalized spacial score (nSPS) is 10.0. The Bertz CT molecular complexity index is 226. The standard InChI is InChI=1S/C10H15NO2/c12-8-4-7-11(9-13)10-5-2-1-3-6-10/h1-3,5-6,12-13H,4,7-9H2. The van der Waals surface area contributed by atoms with Crippen molar-refractivity contribution in [2.75, 3.05) is 24.8 Å². The molecule has 2 N–H and O–H groups in total. The van der Waals surface area contributed by atoms with Gasteiger partial charge in [0.1, 0.15) is 6.73 Å². The molecule has 0 aromatic heterocycles. The third-order valence-corrected chi connectivity index (χ3v) is 1.88. The number of anilines is 1. The zero-order valence-corrected chi connectivity index (χ0v) is 7.56. The summed E-state index contributed by atoms with van der Waals surface area (Å²) in [4.78, 5) is 1.82. The van der Waals surface area contributed by atoms with Crippen LogP contribution in [0.2, 0.25) is 0 Å². The van der Waals surface area contributed by atoms with Crippen LogP contribution in [0.4, 0.5) is 5.69 Å². The number of para-hydroxylation sites is 1. The smallest absolute Gasteiger partial charge is 0.115 e. The van der Waals surface area contributed by atoms with Crippen molar-refractivity contribution < 1.29 is 10.2 Å². The zero-order chi connectivity index (χ0) is 9.52. The van der Waals surface area contributed by atoms with Crippen LogP contribution in [-0.4, -0.2) is 30.1 Å². The fourth-order valence-electron chi connectivity index (χ4n) is 1.18. The van der Waals surface area contributed by atoms with E-state index in [1.807, 2.05) is 35.2 Å². The van der Waals surface area contributed by atoms with Crippen LogP contribution in [0.15, 0.2) is 30.3 Å². The number of benzene rings is 1. The van der Waals surface area contributed by atoms with Crippen molar-refractivity contribution in [3.8, 4) is 0 Å². The fraction of sp³-hybridized carbons (Fsp3) is 0.400. The molecule has 1 aromatic rings. The van der Waals surface area contributed by atoms with Crippen LogP contribution in [0.5, 0.6) is 0 Å². The van der Waals surface area contributed by atoms with Gasteiger partial charge in [0.05, 0.1) is 0 Å². The highest BCUT2D eigenvalue weighted by molar-refractivity contribution is 5.45. The van der Waals surface area contributed by atoms with Crippen molar-refractivity contribution in [2.24, 2.45) is 0 Å². The third-order valence-electron chi connectivity index (χ3n) is 1.88. The number of rotatable bonds is 5. The highest BCUT2D eigenvalue weighted by atomic mass is 16.3. The maximum atomic E-state index is 9.05. The SMILES string of the molecule is OCCCN(CO)c1ccccc1. The van der Waals surface area contributed by atoms with Gasteiger partial charge in [-0.05, 0) is 18.6 Å². The summed E-state index contributed by atoms with van der Waals surface area (Å²) in [6.45, 7) is 0.824. The van der Waals surface area contributed by atoms with E-state index in [0.29, 0.717) is 13.0 Å². The molecule has 0 aliphatic carbocycles. The van der Waals surface area contributed by atoms with Crippen molar-refractivity contribution in [2.45, 2.75) is 6.42 Å². The minimum absolute atomic E-state index is 0.00991. The molecule has 0 fully saturated rings. The molecule has 72 valence electrons. The van der Waals surface area contributed by atoms with Gasteiger partial charge in [-0.25, -0.2) is 0 Å². The molecule has 13 heavy (non-hydrogen) atoms. The maximum absolute atomic E-state index is 9.05. The van der Waals surface area contributed by atoms with Gasteiger partial charge in [-0.1, -0.05) is 18.2 Å². The number of hydrogen-bond donors (Lipinski definition) is 2. The van der Waals surface area contributed by atoms with E-state index in [9.17, 15) is 0 Å². The van der Waals surface area contributed by atoms with Crippen molar-refractivity contribution in [1.82, 2.24) is 0 Å².